The van der Waals surface area contributed by atoms with Crippen molar-refractivity contribution in [1.82, 2.24) is 0 Å². The molecule has 0 aromatic heterocycles. The van der Waals surface area contributed by atoms with Gasteiger partial charge in [-0.3, -0.25) is 0 Å². The van der Waals surface area contributed by atoms with Crippen LogP contribution in [0.3, 0.4) is 0 Å². The minimum atomic E-state index is 0.317. The minimum absolute atomic E-state index is 0.317. The standard InChI is InChI=1S/C7H16O2S/c1-9-5-3-7-10-6-2-4-8/h8H,2-7H2,1H3. The van der Waals surface area contributed by atoms with Gasteiger partial charge in [0.05, 0.1) is 0 Å². The molecule has 0 heterocycles. The molecular formula is C7H16O2S. The van der Waals surface area contributed by atoms with E-state index in [0.29, 0.717) is 6.61 Å². The van der Waals surface area contributed by atoms with E-state index in [2.05, 4.69) is 0 Å². The van der Waals surface area contributed by atoms with E-state index in [0.717, 1.165) is 31.0 Å². The first kappa shape index (κ1) is 10.3. The summed E-state index contributed by atoms with van der Waals surface area (Å²) < 4.78 is 4.89. The summed E-state index contributed by atoms with van der Waals surface area (Å²) in [6.45, 7) is 1.17. The zero-order valence-electron chi connectivity index (χ0n) is 6.51. The Balaban J connectivity index is 2.65. The summed E-state index contributed by atoms with van der Waals surface area (Å²) in [6, 6.07) is 0. The fourth-order valence-corrected chi connectivity index (χ4v) is 1.43. The highest BCUT2D eigenvalue weighted by atomic mass is 32.2. The molecule has 3 heteroatoms. The lowest BCUT2D eigenvalue weighted by Gasteiger charge is -1.98. The van der Waals surface area contributed by atoms with Crippen LogP contribution in [0.1, 0.15) is 12.8 Å². The lowest BCUT2D eigenvalue weighted by molar-refractivity contribution is 0.200. The van der Waals surface area contributed by atoms with Crippen LogP contribution in [-0.4, -0.2) is 36.9 Å². The van der Waals surface area contributed by atoms with Crippen molar-refractivity contribution < 1.29 is 9.84 Å². The molecule has 10 heavy (non-hydrogen) atoms. The number of hydrogen-bond acceptors (Lipinski definition) is 3. The summed E-state index contributed by atoms with van der Waals surface area (Å²) in [5.74, 6) is 2.22. The molecule has 0 aromatic rings. The number of rotatable bonds is 7. The van der Waals surface area contributed by atoms with E-state index in [4.69, 9.17) is 9.84 Å². The SMILES string of the molecule is COCCCSCCCO. The fraction of sp³-hybridized carbons (Fsp3) is 1.00. The molecule has 0 rings (SSSR count). The minimum Gasteiger partial charge on any atom is -0.396 e. The third kappa shape index (κ3) is 8.27. The number of aliphatic hydroxyl groups is 1. The molecule has 0 spiro atoms. The van der Waals surface area contributed by atoms with Gasteiger partial charge in [0, 0.05) is 20.3 Å². The Kier molecular flexibility index (Phi) is 9.52. The normalized spacial score (nSPS) is 10.2. The average molecular weight is 164 g/mol. The highest BCUT2D eigenvalue weighted by molar-refractivity contribution is 7.99. The van der Waals surface area contributed by atoms with Crippen LogP contribution in [0, 0.1) is 0 Å². The van der Waals surface area contributed by atoms with E-state index in [1.165, 1.54) is 0 Å². The number of methoxy groups -OCH3 is 1. The van der Waals surface area contributed by atoms with Crippen LogP contribution in [0.2, 0.25) is 0 Å². The predicted octanol–water partition coefficient (Wildman–Crippen LogP) is 1.14. The van der Waals surface area contributed by atoms with Gasteiger partial charge in [-0.05, 0) is 24.3 Å². The second kappa shape index (κ2) is 9.27. The van der Waals surface area contributed by atoms with Crippen molar-refractivity contribution in [2.45, 2.75) is 12.8 Å². The molecule has 0 aliphatic rings. The molecule has 0 radical (unpaired) electrons. The van der Waals surface area contributed by atoms with Gasteiger partial charge in [-0.1, -0.05) is 0 Å². The van der Waals surface area contributed by atoms with Gasteiger partial charge in [0.25, 0.3) is 0 Å². The molecular weight excluding hydrogens is 148 g/mol. The van der Waals surface area contributed by atoms with Gasteiger partial charge in [-0.25, -0.2) is 0 Å². The maximum atomic E-state index is 8.43. The Morgan fingerprint density at radius 2 is 2.00 bits per heavy atom. The van der Waals surface area contributed by atoms with Crippen LogP contribution >= 0.6 is 11.8 Å². The molecule has 0 atom stereocenters. The summed E-state index contributed by atoms with van der Waals surface area (Å²) in [6.07, 6.45) is 2.03. The molecule has 0 aliphatic carbocycles. The smallest absolute Gasteiger partial charge is 0.0470 e. The van der Waals surface area contributed by atoms with E-state index >= 15 is 0 Å². The van der Waals surface area contributed by atoms with E-state index in [9.17, 15) is 0 Å². The Labute approximate surface area is 67.0 Å². The molecule has 62 valence electrons. The summed E-state index contributed by atoms with van der Waals surface area (Å²) in [7, 11) is 1.72. The van der Waals surface area contributed by atoms with Gasteiger partial charge in [-0.15, -0.1) is 0 Å². The molecule has 0 bridgehead atoms. The van der Waals surface area contributed by atoms with Crippen molar-refractivity contribution in [3.05, 3.63) is 0 Å². The van der Waals surface area contributed by atoms with Crippen molar-refractivity contribution in [2.24, 2.45) is 0 Å². The quantitative estimate of drug-likeness (QED) is 0.572. The highest BCUT2D eigenvalue weighted by Crippen LogP contribution is 2.03. The fourth-order valence-electron chi connectivity index (χ4n) is 0.574. The topological polar surface area (TPSA) is 29.5 Å². The molecule has 2 nitrogen and oxygen atoms in total. The highest BCUT2D eigenvalue weighted by Gasteiger charge is 1.88. The molecule has 0 amide bonds. The number of thioether (sulfide) groups is 1. The molecule has 0 aromatic carbocycles. The second-order valence-electron chi connectivity index (χ2n) is 2.04. The van der Waals surface area contributed by atoms with Gasteiger partial charge in [0.2, 0.25) is 0 Å². The van der Waals surface area contributed by atoms with Crippen LogP contribution in [-0.2, 0) is 4.74 Å². The van der Waals surface area contributed by atoms with Crippen molar-refractivity contribution in [3.8, 4) is 0 Å². The maximum Gasteiger partial charge on any atom is 0.0470 e. The molecule has 1 N–H and O–H groups in total. The van der Waals surface area contributed by atoms with Crippen molar-refractivity contribution >= 4 is 11.8 Å². The van der Waals surface area contributed by atoms with Crippen molar-refractivity contribution in [3.63, 3.8) is 0 Å². The number of aliphatic hydroxyl groups excluding tert-OH is 1. The summed E-state index contributed by atoms with van der Waals surface area (Å²) in [5.41, 5.74) is 0. The molecule has 0 unspecified atom stereocenters. The lowest BCUT2D eigenvalue weighted by Crippen LogP contribution is -1.92. The van der Waals surface area contributed by atoms with E-state index in [-0.39, 0.29) is 0 Å². The third-order valence-electron chi connectivity index (χ3n) is 1.08. The van der Waals surface area contributed by atoms with Crippen molar-refractivity contribution in [2.75, 3.05) is 31.8 Å². The lowest BCUT2D eigenvalue weighted by atomic mass is 10.5. The van der Waals surface area contributed by atoms with Gasteiger partial charge in [-0.2, -0.15) is 11.8 Å². The van der Waals surface area contributed by atoms with Crippen LogP contribution in [0.15, 0.2) is 0 Å². The number of hydrogen-bond donors (Lipinski definition) is 1. The zero-order chi connectivity index (χ0) is 7.66. The van der Waals surface area contributed by atoms with E-state index < -0.39 is 0 Å². The van der Waals surface area contributed by atoms with Gasteiger partial charge in [0.15, 0.2) is 0 Å². The Hall–Kier alpha value is 0.270. The third-order valence-corrected chi connectivity index (χ3v) is 2.24. The Bertz CT molecular complexity index is 51.6. The van der Waals surface area contributed by atoms with Gasteiger partial charge in [0.1, 0.15) is 0 Å². The van der Waals surface area contributed by atoms with Crippen LogP contribution in [0.5, 0.6) is 0 Å². The van der Waals surface area contributed by atoms with E-state index in [1.54, 1.807) is 7.11 Å². The molecule has 0 saturated heterocycles. The summed E-state index contributed by atoms with van der Waals surface area (Å²) >= 11 is 1.88. The largest absolute Gasteiger partial charge is 0.396 e. The van der Waals surface area contributed by atoms with E-state index in [1.807, 2.05) is 11.8 Å². The van der Waals surface area contributed by atoms with Crippen LogP contribution in [0.4, 0.5) is 0 Å². The summed E-state index contributed by atoms with van der Waals surface area (Å²) in [4.78, 5) is 0. The number of ether oxygens (including phenoxy) is 1. The summed E-state index contributed by atoms with van der Waals surface area (Å²) in [5, 5.41) is 8.43. The van der Waals surface area contributed by atoms with Crippen molar-refractivity contribution in [1.29, 1.82) is 0 Å². The predicted molar refractivity (Wildman–Crippen MR) is 45.5 cm³/mol. The monoisotopic (exact) mass is 164 g/mol. The molecule has 0 aliphatic heterocycles. The zero-order valence-corrected chi connectivity index (χ0v) is 7.32. The maximum absolute atomic E-state index is 8.43. The van der Waals surface area contributed by atoms with Gasteiger partial charge < -0.3 is 9.84 Å². The molecule has 0 fully saturated rings. The first-order chi connectivity index (χ1) is 4.91. The Morgan fingerprint density at radius 1 is 1.30 bits per heavy atom. The van der Waals surface area contributed by atoms with Crippen LogP contribution in [0.25, 0.3) is 0 Å². The first-order valence-electron chi connectivity index (χ1n) is 3.59. The second-order valence-corrected chi connectivity index (χ2v) is 3.26. The van der Waals surface area contributed by atoms with Crippen LogP contribution < -0.4 is 0 Å². The molecule has 0 saturated carbocycles. The Morgan fingerprint density at radius 3 is 2.60 bits per heavy atom. The first-order valence-corrected chi connectivity index (χ1v) is 4.75. The average Bonchev–Trinajstić information content (AvgIpc) is 1.97. The van der Waals surface area contributed by atoms with Gasteiger partial charge >= 0.3 is 0 Å².